The van der Waals surface area contributed by atoms with E-state index in [1.807, 2.05) is 0 Å². The van der Waals surface area contributed by atoms with Crippen LogP contribution >= 0.6 is 11.6 Å². The molecule has 0 spiro atoms. The van der Waals surface area contributed by atoms with Crippen molar-refractivity contribution in [2.45, 2.75) is 69.5 Å². The first-order chi connectivity index (χ1) is 6.42. The first kappa shape index (κ1) is 12.5. The summed E-state index contributed by atoms with van der Waals surface area (Å²) in [5, 5.41) is 0. The average molecular weight is 235 g/mol. The predicted octanol–water partition coefficient (Wildman–Crippen LogP) is 4.17. The first-order valence-electron chi connectivity index (χ1n) is 5.78. The minimum absolute atomic E-state index is 0.237. The number of hydrogen-bond donors (Lipinski definition) is 0. The maximum Gasteiger partial charge on any atom is 0.153 e. The highest BCUT2D eigenvalue weighted by Gasteiger charge is 2.62. The maximum absolute atomic E-state index is 6.44. The van der Waals surface area contributed by atoms with E-state index in [0.717, 1.165) is 6.42 Å². The zero-order valence-corrected chi connectivity index (χ0v) is 11.7. The van der Waals surface area contributed by atoms with Gasteiger partial charge in [0, 0.05) is 0 Å². The largest absolute Gasteiger partial charge is 0.353 e. The lowest BCUT2D eigenvalue weighted by atomic mass is 10.1. The van der Waals surface area contributed by atoms with E-state index >= 15 is 0 Å². The standard InChI is InChI=1S/C11H23ClOSi/c1-5-6-7-8-9-10-11(12,13-10)14(2,3)4/h10H,5-9H2,1-4H3/t10-,11-/m0/s1. The van der Waals surface area contributed by atoms with Crippen LogP contribution in [-0.2, 0) is 4.74 Å². The molecule has 3 heteroatoms. The van der Waals surface area contributed by atoms with E-state index in [4.69, 9.17) is 16.3 Å². The topological polar surface area (TPSA) is 12.5 Å². The maximum atomic E-state index is 6.44. The monoisotopic (exact) mass is 234 g/mol. The van der Waals surface area contributed by atoms with Gasteiger partial charge in [-0.15, -0.1) is 0 Å². The van der Waals surface area contributed by atoms with Crippen molar-refractivity contribution in [2.75, 3.05) is 0 Å². The fourth-order valence-electron chi connectivity index (χ4n) is 1.83. The Morgan fingerprint density at radius 1 is 1.21 bits per heavy atom. The molecule has 1 aliphatic rings. The summed E-state index contributed by atoms with van der Waals surface area (Å²) in [5.74, 6) is 0. The third-order valence-corrected chi connectivity index (χ3v) is 7.53. The number of rotatable bonds is 6. The number of unbranched alkanes of at least 4 members (excludes halogenated alkanes) is 3. The Kier molecular flexibility index (Phi) is 4.07. The molecule has 0 aliphatic carbocycles. The highest BCUT2D eigenvalue weighted by atomic mass is 35.5. The lowest BCUT2D eigenvalue weighted by Gasteiger charge is -2.19. The summed E-state index contributed by atoms with van der Waals surface area (Å²) in [6.07, 6.45) is 6.76. The van der Waals surface area contributed by atoms with Gasteiger partial charge in [-0.05, 0) is 6.42 Å². The molecule has 1 nitrogen and oxygen atoms in total. The van der Waals surface area contributed by atoms with Gasteiger partial charge in [0.2, 0.25) is 0 Å². The number of halogens is 1. The predicted molar refractivity (Wildman–Crippen MR) is 65.6 cm³/mol. The van der Waals surface area contributed by atoms with Crippen LogP contribution in [0.1, 0.15) is 39.0 Å². The first-order valence-corrected chi connectivity index (χ1v) is 9.66. The van der Waals surface area contributed by atoms with Gasteiger partial charge in [0.25, 0.3) is 0 Å². The van der Waals surface area contributed by atoms with E-state index in [9.17, 15) is 0 Å². The molecule has 0 aromatic heterocycles. The van der Waals surface area contributed by atoms with Crippen molar-refractivity contribution < 1.29 is 4.74 Å². The van der Waals surface area contributed by atoms with Crippen LogP contribution in [0.15, 0.2) is 0 Å². The van der Waals surface area contributed by atoms with Gasteiger partial charge in [0.15, 0.2) is 4.68 Å². The molecule has 0 aromatic carbocycles. The van der Waals surface area contributed by atoms with Crippen molar-refractivity contribution in [3.8, 4) is 0 Å². The molecule has 0 aromatic rings. The summed E-state index contributed by atoms with van der Waals surface area (Å²) < 4.78 is 5.44. The van der Waals surface area contributed by atoms with Crippen molar-refractivity contribution in [3.05, 3.63) is 0 Å². The van der Waals surface area contributed by atoms with Crippen molar-refractivity contribution in [2.24, 2.45) is 0 Å². The van der Waals surface area contributed by atoms with E-state index in [1.165, 1.54) is 25.7 Å². The van der Waals surface area contributed by atoms with Crippen LogP contribution in [0.4, 0.5) is 0 Å². The minimum atomic E-state index is -1.34. The molecule has 0 amide bonds. The van der Waals surface area contributed by atoms with Gasteiger partial charge >= 0.3 is 0 Å². The number of hydrogen-bond acceptors (Lipinski definition) is 1. The Morgan fingerprint density at radius 3 is 2.29 bits per heavy atom. The van der Waals surface area contributed by atoms with Crippen molar-refractivity contribution in [1.29, 1.82) is 0 Å². The normalized spacial score (nSPS) is 31.9. The van der Waals surface area contributed by atoms with Crippen LogP contribution in [0, 0.1) is 0 Å². The second-order valence-corrected chi connectivity index (χ2v) is 11.5. The smallest absolute Gasteiger partial charge is 0.153 e. The summed E-state index contributed by atoms with van der Waals surface area (Å²) in [7, 11) is -1.34. The highest BCUT2D eigenvalue weighted by molar-refractivity contribution is 6.86. The molecule has 1 aliphatic heterocycles. The molecule has 0 bridgehead atoms. The second kappa shape index (κ2) is 4.54. The van der Waals surface area contributed by atoms with Crippen molar-refractivity contribution >= 4 is 19.7 Å². The minimum Gasteiger partial charge on any atom is -0.353 e. The van der Waals surface area contributed by atoms with Crippen LogP contribution in [0.25, 0.3) is 0 Å². The molecule has 14 heavy (non-hydrogen) atoms. The summed E-state index contributed by atoms with van der Waals surface area (Å²) >= 11 is 6.44. The molecular formula is C11H23ClOSi. The molecule has 0 radical (unpaired) electrons. The van der Waals surface area contributed by atoms with Gasteiger partial charge in [-0.1, -0.05) is 63.8 Å². The van der Waals surface area contributed by atoms with Gasteiger partial charge in [0.05, 0.1) is 6.10 Å². The second-order valence-electron chi connectivity index (χ2n) is 5.35. The summed E-state index contributed by atoms with van der Waals surface area (Å²) in [6.45, 7) is 9.09. The number of ether oxygens (including phenoxy) is 1. The van der Waals surface area contributed by atoms with Gasteiger partial charge in [-0.3, -0.25) is 0 Å². The molecule has 2 atom stereocenters. The van der Waals surface area contributed by atoms with Crippen molar-refractivity contribution in [1.82, 2.24) is 0 Å². The zero-order chi connectivity index (χ0) is 10.8. The summed E-state index contributed by atoms with van der Waals surface area (Å²) in [4.78, 5) is 0. The average Bonchev–Trinajstić information content (AvgIpc) is 2.72. The van der Waals surface area contributed by atoms with Gasteiger partial charge < -0.3 is 4.74 Å². The zero-order valence-electron chi connectivity index (χ0n) is 9.90. The van der Waals surface area contributed by atoms with Crippen LogP contribution < -0.4 is 0 Å². The van der Waals surface area contributed by atoms with E-state index in [2.05, 4.69) is 26.6 Å². The fraction of sp³-hybridized carbons (Fsp3) is 1.00. The van der Waals surface area contributed by atoms with Crippen molar-refractivity contribution in [3.63, 3.8) is 0 Å². The Hall–Kier alpha value is 0.467. The molecule has 0 N–H and O–H groups in total. The van der Waals surface area contributed by atoms with E-state index in [0.29, 0.717) is 6.10 Å². The van der Waals surface area contributed by atoms with E-state index < -0.39 is 8.07 Å². The third kappa shape index (κ3) is 2.74. The van der Waals surface area contributed by atoms with E-state index in [1.54, 1.807) is 0 Å². The van der Waals surface area contributed by atoms with Crippen LogP contribution in [0.3, 0.4) is 0 Å². The van der Waals surface area contributed by atoms with Crippen LogP contribution in [0.2, 0.25) is 19.6 Å². The lowest BCUT2D eigenvalue weighted by Crippen LogP contribution is -2.39. The Balaban J connectivity index is 2.19. The van der Waals surface area contributed by atoms with Crippen LogP contribution in [0.5, 0.6) is 0 Å². The van der Waals surface area contributed by atoms with Crippen LogP contribution in [-0.4, -0.2) is 18.9 Å². The lowest BCUT2D eigenvalue weighted by molar-refractivity contribution is 0.367. The molecule has 84 valence electrons. The molecule has 0 saturated carbocycles. The number of epoxide rings is 1. The molecule has 0 unspecified atom stereocenters. The molecule has 1 saturated heterocycles. The Morgan fingerprint density at radius 2 is 1.86 bits per heavy atom. The Bertz CT molecular complexity index is 190. The molecule has 1 heterocycles. The third-order valence-electron chi connectivity index (χ3n) is 3.01. The van der Waals surface area contributed by atoms with Gasteiger partial charge in [-0.2, -0.15) is 0 Å². The Labute approximate surface area is 94.2 Å². The fourth-order valence-corrected chi connectivity index (χ4v) is 3.66. The van der Waals surface area contributed by atoms with E-state index in [-0.39, 0.29) is 4.68 Å². The number of alkyl halides is 1. The summed E-state index contributed by atoms with van der Waals surface area (Å²) in [6, 6.07) is 0. The molecule has 1 fully saturated rings. The SMILES string of the molecule is CCCCCC[C@@H]1O[C@]1(Cl)[Si](C)(C)C. The van der Waals surface area contributed by atoms with Gasteiger partial charge in [0.1, 0.15) is 8.07 Å². The van der Waals surface area contributed by atoms with Gasteiger partial charge in [-0.25, -0.2) is 0 Å². The molecular weight excluding hydrogens is 212 g/mol. The summed E-state index contributed by atoms with van der Waals surface area (Å²) in [5.41, 5.74) is 0. The molecule has 1 rings (SSSR count). The highest BCUT2D eigenvalue weighted by Crippen LogP contribution is 2.50. The quantitative estimate of drug-likeness (QED) is 0.291.